The number of halogens is 1. The second-order valence-electron chi connectivity index (χ2n) is 4.59. The Morgan fingerprint density at radius 3 is 2.27 bits per heavy atom. The van der Waals surface area contributed by atoms with Crippen molar-refractivity contribution in [3.05, 3.63) is 52.3 Å². The number of nitro groups is 1. The lowest BCUT2D eigenvalue weighted by Crippen LogP contribution is -2.03. The first kappa shape index (κ1) is 13.7. The predicted molar refractivity (Wildman–Crippen MR) is 80.4 cm³/mol. The Hall–Kier alpha value is -3.29. The van der Waals surface area contributed by atoms with Crippen molar-refractivity contribution in [2.75, 3.05) is 11.5 Å². The van der Waals surface area contributed by atoms with E-state index in [9.17, 15) is 14.5 Å². The van der Waals surface area contributed by atoms with E-state index in [1.165, 1.54) is 36.4 Å². The number of nitrogens with zero attached hydrogens (tertiary/aromatic N) is 3. The summed E-state index contributed by atoms with van der Waals surface area (Å²) in [6.07, 6.45) is 0. The fourth-order valence-corrected chi connectivity index (χ4v) is 2.19. The van der Waals surface area contributed by atoms with Gasteiger partial charge in [-0.1, -0.05) is 12.1 Å². The molecule has 0 saturated heterocycles. The summed E-state index contributed by atoms with van der Waals surface area (Å²) in [5.74, 6) is -0.413. The van der Waals surface area contributed by atoms with Gasteiger partial charge in [0.05, 0.1) is 16.0 Å². The molecule has 8 heteroatoms. The lowest BCUT2D eigenvalue weighted by atomic mass is 10.0. The van der Waals surface area contributed by atoms with E-state index in [2.05, 4.69) is 9.97 Å². The van der Waals surface area contributed by atoms with E-state index in [1.54, 1.807) is 0 Å². The van der Waals surface area contributed by atoms with Crippen LogP contribution in [0.1, 0.15) is 0 Å². The molecule has 2 aromatic carbocycles. The predicted octanol–water partition coefficient (Wildman–Crippen LogP) is 2.51. The van der Waals surface area contributed by atoms with E-state index in [-0.39, 0.29) is 28.4 Å². The maximum atomic E-state index is 13.1. The van der Waals surface area contributed by atoms with E-state index in [0.717, 1.165) is 0 Å². The van der Waals surface area contributed by atoms with Gasteiger partial charge in [0.15, 0.2) is 11.6 Å². The quantitative estimate of drug-likeness (QED) is 0.554. The van der Waals surface area contributed by atoms with Crippen molar-refractivity contribution in [2.45, 2.75) is 0 Å². The first-order valence-electron chi connectivity index (χ1n) is 6.23. The lowest BCUT2D eigenvalue weighted by Gasteiger charge is -2.08. The molecule has 22 heavy (non-hydrogen) atoms. The van der Waals surface area contributed by atoms with Crippen LogP contribution in [0.3, 0.4) is 0 Å². The molecule has 0 aliphatic heterocycles. The first-order valence-corrected chi connectivity index (χ1v) is 6.23. The van der Waals surface area contributed by atoms with Crippen LogP contribution in [0.25, 0.3) is 22.2 Å². The fraction of sp³-hybridized carbons (Fsp3) is 0. The van der Waals surface area contributed by atoms with Gasteiger partial charge in [0, 0.05) is 6.07 Å². The van der Waals surface area contributed by atoms with Crippen LogP contribution in [0.4, 0.5) is 21.7 Å². The van der Waals surface area contributed by atoms with Gasteiger partial charge in [0.25, 0.3) is 5.69 Å². The smallest absolute Gasteiger partial charge is 0.279 e. The molecule has 3 aromatic rings. The maximum absolute atomic E-state index is 13.1. The molecule has 0 saturated carbocycles. The molecule has 0 amide bonds. The van der Waals surface area contributed by atoms with E-state index in [0.29, 0.717) is 11.1 Å². The van der Waals surface area contributed by atoms with E-state index >= 15 is 0 Å². The molecular weight excluding hydrogens is 289 g/mol. The van der Waals surface area contributed by atoms with Crippen molar-refractivity contribution in [2.24, 2.45) is 0 Å². The van der Waals surface area contributed by atoms with Crippen molar-refractivity contribution in [3.8, 4) is 11.1 Å². The van der Waals surface area contributed by atoms with Gasteiger partial charge in [-0.25, -0.2) is 14.4 Å². The van der Waals surface area contributed by atoms with Crippen LogP contribution in [0.2, 0.25) is 0 Å². The number of nitrogens with two attached hydrogens (primary N) is 2. The zero-order chi connectivity index (χ0) is 15.9. The van der Waals surface area contributed by atoms with E-state index < -0.39 is 10.7 Å². The summed E-state index contributed by atoms with van der Waals surface area (Å²) < 4.78 is 13.1. The molecule has 7 nitrogen and oxygen atoms in total. The average molecular weight is 299 g/mol. The number of benzene rings is 2. The van der Waals surface area contributed by atoms with Gasteiger partial charge in [0.2, 0.25) is 0 Å². The largest absolute Gasteiger partial charge is 0.381 e. The monoisotopic (exact) mass is 299 g/mol. The summed E-state index contributed by atoms with van der Waals surface area (Å²) in [5, 5.41) is 11.3. The minimum atomic E-state index is -0.535. The Labute approximate surface area is 123 Å². The normalized spacial score (nSPS) is 10.8. The van der Waals surface area contributed by atoms with Crippen molar-refractivity contribution in [1.29, 1.82) is 0 Å². The van der Waals surface area contributed by atoms with Crippen molar-refractivity contribution in [3.63, 3.8) is 0 Å². The Bertz CT molecular complexity index is 896. The highest BCUT2D eigenvalue weighted by molar-refractivity contribution is 5.98. The summed E-state index contributed by atoms with van der Waals surface area (Å²) >= 11 is 0. The summed E-state index contributed by atoms with van der Waals surface area (Å²) in [5.41, 5.74) is 12.4. The van der Waals surface area contributed by atoms with Crippen LogP contribution in [0.15, 0.2) is 36.4 Å². The van der Waals surface area contributed by atoms with Crippen molar-refractivity contribution >= 4 is 28.4 Å². The van der Waals surface area contributed by atoms with Gasteiger partial charge in [-0.3, -0.25) is 10.1 Å². The molecule has 110 valence electrons. The number of anilines is 2. The third kappa shape index (κ3) is 2.16. The molecule has 0 spiro atoms. The van der Waals surface area contributed by atoms with Gasteiger partial charge >= 0.3 is 0 Å². The molecule has 3 rings (SSSR count). The highest BCUT2D eigenvalue weighted by Crippen LogP contribution is 2.36. The number of rotatable bonds is 2. The molecular formula is C14H10FN5O2. The van der Waals surface area contributed by atoms with Gasteiger partial charge in [-0.05, 0) is 23.8 Å². The molecule has 0 aliphatic carbocycles. The summed E-state index contributed by atoms with van der Waals surface area (Å²) in [7, 11) is 0. The molecule has 0 unspecified atom stereocenters. The van der Waals surface area contributed by atoms with Crippen molar-refractivity contribution < 1.29 is 9.31 Å². The highest BCUT2D eigenvalue weighted by Gasteiger charge is 2.21. The summed E-state index contributed by atoms with van der Waals surface area (Å²) in [6.45, 7) is 0. The minimum Gasteiger partial charge on any atom is -0.381 e. The lowest BCUT2D eigenvalue weighted by molar-refractivity contribution is -0.384. The summed E-state index contributed by atoms with van der Waals surface area (Å²) in [4.78, 5) is 18.9. The fourth-order valence-electron chi connectivity index (χ4n) is 2.19. The first-order chi connectivity index (χ1) is 10.5. The minimum absolute atomic E-state index is 0.0173. The second kappa shape index (κ2) is 4.92. The van der Waals surface area contributed by atoms with Gasteiger partial charge < -0.3 is 11.5 Å². The molecule has 1 heterocycles. The zero-order valence-corrected chi connectivity index (χ0v) is 11.2. The Balaban J connectivity index is 2.42. The molecule has 0 atom stereocenters. The number of fused-ring (bicyclic) bond motifs is 1. The van der Waals surface area contributed by atoms with Crippen LogP contribution in [-0.2, 0) is 0 Å². The van der Waals surface area contributed by atoms with E-state index in [4.69, 9.17) is 11.5 Å². The molecule has 0 radical (unpaired) electrons. The van der Waals surface area contributed by atoms with Crippen molar-refractivity contribution in [1.82, 2.24) is 9.97 Å². The molecule has 0 fully saturated rings. The van der Waals surface area contributed by atoms with Crippen LogP contribution >= 0.6 is 0 Å². The highest BCUT2D eigenvalue weighted by atomic mass is 19.1. The molecule has 0 aliphatic rings. The second-order valence-corrected chi connectivity index (χ2v) is 4.59. The number of nitrogen functional groups attached to an aromatic ring is 2. The topological polar surface area (TPSA) is 121 Å². The molecule has 4 N–H and O–H groups in total. The number of aromatic nitrogens is 2. The van der Waals surface area contributed by atoms with Crippen LogP contribution < -0.4 is 11.5 Å². The third-order valence-electron chi connectivity index (χ3n) is 3.20. The SMILES string of the molecule is Nc1nc2ccc([N+](=O)[O-])c(-c3ccc(F)cc3)c2nc1N. The van der Waals surface area contributed by atoms with Crippen LogP contribution in [-0.4, -0.2) is 14.9 Å². The van der Waals surface area contributed by atoms with Gasteiger partial charge in [0.1, 0.15) is 11.3 Å². The number of hydrogen-bond acceptors (Lipinski definition) is 6. The van der Waals surface area contributed by atoms with E-state index in [1.807, 2.05) is 0 Å². The Kier molecular flexibility index (Phi) is 3.06. The summed E-state index contributed by atoms with van der Waals surface area (Å²) in [6, 6.07) is 8.06. The van der Waals surface area contributed by atoms with Gasteiger partial charge in [-0.2, -0.15) is 0 Å². The average Bonchev–Trinajstić information content (AvgIpc) is 2.48. The maximum Gasteiger partial charge on any atom is 0.279 e. The number of hydrogen-bond donors (Lipinski definition) is 2. The Morgan fingerprint density at radius 2 is 1.64 bits per heavy atom. The van der Waals surface area contributed by atoms with Crippen LogP contribution in [0, 0.1) is 15.9 Å². The van der Waals surface area contributed by atoms with Gasteiger partial charge in [-0.15, -0.1) is 0 Å². The third-order valence-corrected chi connectivity index (χ3v) is 3.20. The standard InChI is InChI=1S/C14H10FN5O2/c15-8-3-1-7(2-4-8)11-10(20(21)22)6-5-9-12(11)19-14(17)13(16)18-9/h1-6H,(H2,16,18)(H2,17,19). The zero-order valence-electron chi connectivity index (χ0n) is 11.2. The number of nitro benzene ring substituents is 1. The molecule has 0 bridgehead atoms. The Morgan fingerprint density at radius 1 is 1.00 bits per heavy atom. The molecule has 1 aromatic heterocycles. The van der Waals surface area contributed by atoms with Crippen LogP contribution in [0.5, 0.6) is 0 Å².